The van der Waals surface area contributed by atoms with Crippen LogP contribution in [-0.4, -0.2) is 38.8 Å². The highest BCUT2D eigenvalue weighted by molar-refractivity contribution is 7.99. The Morgan fingerprint density at radius 2 is 2.03 bits per heavy atom. The van der Waals surface area contributed by atoms with Gasteiger partial charge in [-0.3, -0.25) is 9.59 Å². The van der Waals surface area contributed by atoms with Crippen molar-refractivity contribution >= 4 is 40.7 Å². The molecule has 0 bridgehead atoms. The predicted molar refractivity (Wildman–Crippen MR) is 112 cm³/mol. The first-order valence-corrected chi connectivity index (χ1v) is 10.3. The number of halogens is 1. The maximum atomic E-state index is 12.7. The van der Waals surface area contributed by atoms with Gasteiger partial charge < -0.3 is 14.6 Å². The lowest BCUT2D eigenvalue weighted by molar-refractivity contribution is -0.118. The molecule has 148 valence electrons. The summed E-state index contributed by atoms with van der Waals surface area (Å²) in [5.41, 5.74) is 1.92. The Hall–Kier alpha value is -2.84. The second-order valence-electron chi connectivity index (χ2n) is 6.32. The molecule has 0 spiro atoms. The van der Waals surface area contributed by atoms with E-state index in [-0.39, 0.29) is 24.1 Å². The van der Waals surface area contributed by atoms with Crippen LogP contribution in [0.5, 0.6) is 5.75 Å². The zero-order valence-electron chi connectivity index (χ0n) is 15.5. The van der Waals surface area contributed by atoms with Crippen molar-refractivity contribution in [3.63, 3.8) is 0 Å². The van der Waals surface area contributed by atoms with Crippen molar-refractivity contribution in [3.05, 3.63) is 53.1 Å². The van der Waals surface area contributed by atoms with E-state index in [1.165, 1.54) is 11.8 Å². The number of nitrogens with zero attached hydrogens (tertiary/aromatic N) is 3. The van der Waals surface area contributed by atoms with E-state index < -0.39 is 0 Å². The smallest absolute Gasteiger partial charge is 0.262 e. The third-order valence-electron chi connectivity index (χ3n) is 4.40. The Kier molecular flexibility index (Phi) is 5.55. The van der Waals surface area contributed by atoms with Gasteiger partial charge in [0.2, 0.25) is 0 Å². The van der Waals surface area contributed by atoms with Gasteiger partial charge in [-0.15, -0.1) is 10.2 Å². The average Bonchev–Trinajstić information content (AvgIpc) is 3.14. The molecule has 1 aromatic heterocycles. The molecule has 2 aromatic carbocycles. The third-order valence-corrected chi connectivity index (χ3v) is 5.62. The van der Waals surface area contributed by atoms with Crippen LogP contribution in [0.3, 0.4) is 0 Å². The highest BCUT2D eigenvalue weighted by atomic mass is 35.5. The number of thioether (sulfide) groups is 1. The fourth-order valence-corrected chi connectivity index (χ4v) is 3.99. The van der Waals surface area contributed by atoms with Crippen molar-refractivity contribution in [2.24, 2.45) is 0 Å². The second kappa shape index (κ2) is 8.26. The Morgan fingerprint density at radius 1 is 1.24 bits per heavy atom. The number of hydrogen-bond donors (Lipinski definition) is 1. The van der Waals surface area contributed by atoms with Crippen LogP contribution < -0.4 is 10.1 Å². The number of hydrogen-bond acceptors (Lipinski definition) is 6. The topological polar surface area (TPSA) is 86.1 Å². The Morgan fingerprint density at radius 3 is 2.79 bits per heavy atom. The molecule has 7 nitrogen and oxygen atoms in total. The van der Waals surface area contributed by atoms with Crippen molar-refractivity contribution in [1.82, 2.24) is 14.8 Å². The SMILES string of the molecule is CCn1c(SCC(=O)c2ccc3c(c2)NC(=O)CO3)nnc1-c1ccc(Cl)cc1. The number of ketones is 1. The number of Topliss-reactive ketones (excluding diaryl/α,β-unsaturated/α-hetero) is 1. The normalized spacial score (nSPS) is 12.8. The van der Waals surface area contributed by atoms with E-state index >= 15 is 0 Å². The highest BCUT2D eigenvalue weighted by Crippen LogP contribution is 2.30. The summed E-state index contributed by atoms with van der Waals surface area (Å²) in [6.45, 7) is 2.66. The molecule has 1 amide bonds. The van der Waals surface area contributed by atoms with Gasteiger partial charge in [-0.25, -0.2) is 0 Å². The molecule has 1 aliphatic heterocycles. The van der Waals surface area contributed by atoms with Gasteiger partial charge in [-0.1, -0.05) is 23.4 Å². The van der Waals surface area contributed by atoms with Crippen molar-refractivity contribution in [2.45, 2.75) is 18.6 Å². The quantitative estimate of drug-likeness (QED) is 0.473. The zero-order valence-corrected chi connectivity index (χ0v) is 17.1. The minimum atomic E-state index is -0.234. The fourth-order valence-electron chi connectivity index (χ4n) is 2.96. The number of carbonyl (C=O) groups is 2. The van der Waals surface area contributed by atoms with E-state index in [1.54, 1.807) is 30.3 Å². The molecule has 29 heavy (non-hydrogen) atoms. The number of ether oxygens (including phenoxy) is 1. The summed E-state index contributed by atoms with van der Waals surface area (Å²) in [5, 5.41) is 12.6. The largest absolute Gasteiger partial charge is 0.482 e. The molecule has 0 unspecified atom stereocenters. The Labute approximate surface area is 176 Å². The molecule has 3 aromatic rings. The van der Waals surface area contributed by atoms with Gasteiger partial charge in [-0.05, 0) is 49.4 Å². The first kappa shape index (κ1) is 19.5. The van der Waals surface area contributed by atoms with E-state index in [4.69, 9.17) is 16.3 Å². The zero-order chi connectivity index (χ0) is 20.4. The monoisotopic (exact) mass is 428 g/mol. The van der Waals surface area contributed by atoms with Crippen molar-refractivity contribution in [2.75, 3.05) is 17.7 Å². The number of anilines is 1. The number of carbonyl (C=O) groups excluding carboxylic acids is 2. The summed E-state index contributed by atoms with van der Waals surface area (Å²) in [6.07, 6.45) is 0. The summed E-state index contributed by atoms with van der Waals surface area (Å²) in [6, 6.07) is 12.4. The molecule has 2 heterocycles. The van der Waals surface area contributed by atoms with Gasteiger partial charge >= 0.3 is 0 Å². The van der Waals surface area contributed by atoms with E-state index in [0.717, 1.165) is 11.4 Å². The number of rotatable bonds is 6. The van der Waals surface area contributed by atoms with Gasteiger partial charge in [0, 0.05) is 22.7 Å². The van der Waals surface area contributed by atoms with Crippen LogP contribution in [-0.2, 0) is 11.3 Å². The van der Waals surface area contributed by atoms with Crippen LogP contribution >= 0.6 is 23.4 Å². The number of aromatic nitrogens is 3. The Bertz CT molecular complexity index is 1080. The first-order chi connectivity index (χ1) is 14.0. The molecule has 4 rings (SSSR count). The van der Waals surface area contributed by atoms with E-state index in [0.29, 0.717) is 33.7 Å². The highest BCUT2D eigenvalue weighted by Gasteiger charge is 2.19. The van der Waals surface area contributed by atoms with Crippen LogP contribution in [0, 0.1) is 0 Å². The molecule has 0 saturated carbocycles. The summed E-state index contributed by atoms with van der Waals surface area (Å²) in [4.78, 5) is 24.1. The summed E-state index contributed by atoms with van der Waals surface area (Å²) in [7, 11) is 0. The molecule has 0 aliphatic carbocycles. The van der Waals surface area contributed by atoms with Crippen LogP contribution in [0.15, 0.2) is 47.6 Å². The Balaban J connectivity index is 1.49. The van der Waals surface area contributed by atoms with E-state index in [2.05, 4.69) is 15.5 Å². The third kappa shape index (κ3) is 4.13. The molecule has 1 N–H and O–H groups in total. The maximum absolute atomic E-state index is 12.7. The molecule has 0 atom stereocenters. The van der Waals surface area contributed by atoms with E-state index in [1.807, 2.05) is 23.6 Å². The maximum Gasteiger partial charge on any atom is 0.262 e. The van der Waals surface area contributed by atoms with Crippen molar-refractivity contribution in [3.8, 4) is 17.1 Å². The molecule has 0 radical (unpaired) electrons. The standard InChI is InChI=1S/C20H17ClN4O3S/c1-2-25-19(12-3-6-14(21)7-4-12)23-24-20(25)29-11-16(26)13-5-8-17-15(9-13)22-18(27)10-28-17/h3-9H,2,10-11H2,1H3,(H,22,27). The number of benzene rings is 2. The van der Waals surface area contributed by atoms with Crippen LogP contribution in [0.2, 0.25) is 5.02 Å². The predicted octanol–water partition coefficient (Wildman–Crippen LogP) is 3.92. The van der Waals surface area contributed by atoms with E-state index in [9.17, 15) is 9.59 Å². The summed E-state index contributed by atoms with van der Waals surface area (Å²) < 4.78 is 7.28. The average molecular weight is 429 g/mol. The van der Waals surface area contributed by atoms with Gasteiger partial charge in [0.25, 0.3) is 5.91 Å². The molecule has 9 heteroatoms. The number of nitrogens with one attached hydrogen (secondary N) is 1. The summed E-state index contributed by atoms with van der Waals surface area (Å²) in [5.74, 6) is 1.19. The first-order valence-electron chi connectivity index (χ1n) is 8.97. The van der Waals surface area contributed by atoms with Crippen molar-refractivity contribution < 1.29 is 14.3 Å². The van der Waals surface area contributed by atoms with Gasteiger partial charge in [0.15, 0.2) is 23.4 Å². The second-order valence-corrected chi connectivity index (χ2v) is 7.70. The van der Waals surface area contributed by atoms with Gasteiger partial charge in [0.05, 0.1) is 11.4 Å². The minimum absolute atomic E-state index is 0.0151. The van der Waals surface area contributed by atoms with Gasteiger partial charge in [0.1, 0.15) is 5.75 Å². The molecular formula is C20H17ClN4O3S. The molecule has 0 fully saturated rings. The lowest BCUT2D eigenvalue weighted by Crippen LogP contribution is -2.25. The van der Waals surface area contributed by atoms with Crippen LogP contribution in [0.25, 0.3) is 11.4 Å². The minimum Gasteiger partial charge on any atom is -0.482 e. The lowest BCUT2D eigenvalue weighted by Gasteiger charge is -2.18. The fraction of sp³-hybridized carbons (Fsp3) is 0.200. The van der Waals surface area contributed by atoms with Crippen molar-refractivity contribution in [1.29, 1.82) is 0 Å². The summed E-state index contributed by atoms with van der Waals surface area (Å²) >= 11 is 7.28. The lowest BCUT2D eigenvalue weighted by atomic mass is 10.1. The number of fused-ring (bicyclic) bond motifs is 1. The molecule has 0 saturated heterocycles. The number of amides is 1. The van der Waals surface area contributed by atoms with Gasteiger partial charge in [-0.2, -0.15) is 0 Å². The van der Waals surface area contributed by atoms with Crippen LogP contribution in [0.1, 0.15) is 17.3 Å². The molecular weight excluding hydrogens is 412 g/mol. The molecule has 1 aliphatic rings. The van der Waals surface area contributed by atoms with Crippen LogP contribution in [0.4, 0.5) is 5.69 Å².